The summed E-state index contributed by atoms with van der Waals surface area (Å²) >= 11 is 0. The van der Waals surface area contributed by atoms with Gasteiger partial charge in [-0.15, -0.1) is 24.0 Å². The van der Waals surface area contributed by atoms with Gasteiger partial charge in [-0.25, -0.2) is 0 Å². The average molecular weight is 470 g/mol. The zero-order chi connectivity index (χ0) is 18.3. The first kappa shape index (κ1) is 19.6. The molecule has 0 bridgehead atoms. The van der Waals surface area contributed by atoms with Gasteiger partial charge in [0.2, 0.25) is 5.69 Å². The van der Waals surface area contributed by atoms with E-state index in [2.05, 4.69) is 86.2 Å². The number of nitrogens with zero attached hydrogens (tertiary/aromatic N) is 1. The lowest BCUT2D eigenvalue weighted by atomic mass is 9.79. The maximum Gasteiger partial charge on any atom is 0.210 e. The fourth-order valence-electron chi connectivity index (χ4n) is 4.08. The molecule has 138 valence electrons. The van der Waals surface area contributed by atoms with Gasteiger partial charge in [0.25, 0.3) is 0 Å². The summed E-state index contributed by atoms with van der Waals surface area (Å²) in [5, 5.41) is 2.64. The second kappa shape index (κ2) is 7.47. The van der Waals surface area contributed by atoms with Crippen molar-refractivity contribution in [1.82, 2.24) is 0 Å². The molecule has 0 radical (unpaired) electrons. The molecule has 0 amide bonds. The smallest absolute Gasteiger partial charge is 0.210 e. The Labute approximate surface area is 178 Å². The van der Waals surface area contributed by atoms with Crippen molar-refractivity contribution in [2.75, 3.05) is 14.2 Å². The first-order valence-corrected chi connectivity index (χ1v) is 8.98. The lowest BCUT2D eigenvalue weighted by Gasteiger charge is -2.17. The number of hydrogen-bond acceptors (Lipinski definition) is 1. The number of benzene rings is 3. The zero-order valence-corrected chi connectivity index (χ0v) is 18.5. The van der Waals surface area contributed by atoms with Crippen LogP contribution >= 0.6 is 24.0 Å². The molecule has 1 heterocycles. The molecule has 0 saturated carbocycles. The van der Waals surface area contributed by atoms with Crippen molar-refractivity contribution in [2.24, 2.45) is 0 Å². The highest BCUT2D eigenvalue weighted by Crippen LogP contribution is 2.43. The van der Waals surface area contributed by atoms with Gasteiger partial charge in [0.05, 0.1) is 12.5 Å². The highest BCUT2D eigenvalue weighted by Gasteiger charge is 2.44. The van der Waals surface area contributed by atoms with Crippen molar-refractivity contribution in [3.8, 4) is 5.75 Å². The van der Waals surface area contributed by atoms with Crippen LogP contribution in [0.3, 0.4) is 0 Å². The van der Waals surface area contributed by atoms with Crippen molar-refractivity contribution in [3.63, 3.8) is 0 Å². The minimum absolute atomic E-state index is 0. The van der Waals surface area contributed by atoms with E-state index in [1.54, 1.807) is 7.11 Å². The summed E-state index contributed by atoms with van der Waals surface area (Å²) in [6, 6.07) is 21.3. The van der Waals surface area contributed by atoms with E-state index in [0.717, 1.165) is 5.75 Å². The highest BCUT2D eigenvalue weighted by atomic mass is 127. The molecule has 0 spiro atoms. The number of fused-ring (bicyclic) bond motifs is 3. The third-order valence-corrected chi connectivity index (χ3v) is 5.44. The summed E-state index contributed by atoms with van der Waals surface area (Å²) in [7, 11) is 3.86. The Kier molecular flexibility index (Phi) is 5.43. The quantitative estimate of drug-likeness (QED) is 0.329. The summed E-state index contributed by atoms with van der Waals surface area (Å²) in [6.45, 7) is 4.63. The maximum absolute atomic E-state index is 5.24. The molecule has 27 heavy (non-hydrogen) atoms. The van der Waals surface area contributed by atoms with Crippen LogP contribution in [0.2, 0.25) is 0 Å². The summed E-state index contributed by atoms with van der Waals surface area (Å²) in [5.74, 6) is 0.881. The standard InChI is InChI=1S/C24H24NO.HI/c1-24(2)22(16-11-17-9-13-19(26-4)14-10-17)25(3)21-15-12-18-7-5-6-8-20(18)23(21)24;/h5-16H,1-4H3;1H/q+1;/b16-11+;. The van der Waals surface area contributed by atoms with Crippen molar-refractivity contribution in [2.45, 2.75) is 19.3 Å². The molecule has 0 atom stereocenters. The predicted octanol–water partition coefficient (Wildman–Crippen LogP) is 6.19. The number of allylic oxidation sites excluding steroid dienone is 1. The van der Waals surface area contributed by atoms with E-state index in [1.807, 2.05) is 12.1 Å². The number of methoxy groups -OCH3 is 1. The molecule has 0 N–H and O–H groups in total. The first-order valence-electron chi connectivity index (χ1n) is 8.98. The minimum Gasteiger partial charge on any atom is -0.497 e. The molecule has 0 aromatic heterocycles. The van der Waals surface area contributed by atoms with Crippen LogP contribution in [0.15, 0.2) is 66.7 Å². The number of ether oxygens (including phenoxy) is 1. The molecule has 0 fully saturated rings. The van der Waals surface area contributed by atoms with E-state index in [-0.39, 0.29) is 29.4 Å². The molecule has 0 saturated heterocycles. The predicted molar refractivity (Wildman–Crippen MR) is 125 cm³/mol. The van der Waals surface area contributed by atoms with Crippen molar-refractivity contribution < 1.29 is 9.31 Å². The highest BCUT2D eigenvalue weighted by molar-refractivity contribution is 14.0. The van der Waals surface area contributed by atoms with Crippen LogP contribution in [0.1, 0.15) is 25.0 Å². The molecule has 3 aromatic carbocycles. The van der Waals surface area contributed by atoms with E-state index < -0.39 is 0 Å². The SMILES string of the molecule is COc1ccc(/C=C/C2=[N+](C)c3ccc4ccccc4c3C2(C)C)cc1.I. The summed E-state index contributed by atoms with van der Waals surface area (Å²) < 4.78 is 7.56. The van der Waals surface area contributed by atoms with Crippen LogP contribution in [-0.4, -0.2) is 24.4 Å². The largest absolute Gasteiger partial charge is 0.497 e. The summed E-state index contributed by atoms with van der Waals surface area (Å²) in [6.07, 6.45) is 4.43. The maximum atomic E-state index is 5.24. The molecular formula is C24H25INO+. The third-order valence-electron chi connectivity index (χ3n) is 5.44. The second-order valence-electron chi connectivity index (χ2n) is 7.36. The van der Waals surface area contributed by atoms with Gasteiger partial charge < -0.3 is 4.74 Å². The zero-order valence-electron chi connectivity index (χ0n) is 16.2. The normalized spacial score (nSPS) is 15.1. The van der Waals surface area contributed by atoms with E-state index in [0.29, 0.717) is 0 Å². The van der Waals surface area contributed by atoms with Gasteiger partial charge in [-0.3, -0.25) is 0 Å². The molecule has 3 aromatic rings. The topological polar surface area (TPSA) is 12.2 Å². The van der Waals surface area contributed by atoms with E-state index >= 15 is 0 Å². The molecule has 1 aliphatic rings. The summed E-state index contributed by atoms with van der Waals surface area (Å²) in [4.78, 5) is 0. The lowest BCUT2D eigenvalue weighted by Crippen LogP contribution is -2.26. The van der Waals surface area contributed by atoms with Gasteiger partial charge in [-0.05, 0) is 54.5 Å². The van der Waals surface area contributed by atoms with Crippen LogP contribution in [0.5, 0.6) is 5.75 Å². The Bertz CT molecular complexity index is 1050. The average Bonchev–Trinajstić information content (AvgIpc) is 2.86. The molecule has 0 unspecified atom stereocenters. The molecular weight excluding hydrogens is 445 g/mol. The Hall–Kier alpha value is -2.14. The molecule has 4 rings (SSSR count). The Morgan fingerprint density at radius 3 is 2.30 bits per heavy atom. The molecule has 1 aliphatic heterocycles. The Morgan fingerprint density at radius 2 is 1.59 bits per heavy atom. The molecule has 3 heteroatoms. The minimum atomic E-state index is -0.0477. The number of halogens is 1. The number of rotatable bonds is 3. The van der Waals surface area contributed by atoms with Gasteiger partial charge in [0.1, 0.15) is 12.8 Å². The van der Waals surface area contributed by atoms with Gasteiger partial charge in [-0.2, -0.15) is 4.58 Å². The second-order valence-corrected chi connectivity index (χ2v) is 7.36. The summed E-state index contributed by atoms with van der Waals surface area (Å²) in [5.41, 5.74) is 5.13. The number of hydrogen-bond donors (Lipinski definition) is 0. The van der Waals surface area contributed by atoms with E-state index in [1.165, 1.54) is 33.3 Å². The van der Waals surface area contributed by atoms with Crippen LogP contribution in [0.25, 0.3) is 16.8 Å². The van der Waals surface area contributed by atoms with Crippen LogP contribution in [0, 0.1) is 0 Å². The third kappa shape index (κ3) is 3.29. The van der Waals surface area contributed by atoms with Crippen LogP contribution in [-0.2, 0) is 5.41 Å². The fraction of sp³-hybridized carbons (Fsp3) is 0.208. The fourth-order valence-corrected chi connectivity index (χ4v) is 4.08. The Balaban J connectivity index is 0.00000210. The van der Waals surface area contributed by atoms with Crippen LogP contribution in [0.4, 0.5) is 5.69 Å². The van der Waals surface area contributed by atoms with E-state index in [9.17, 15) is 0 Å². The van der Waals surface area contributed by atoms with Crippen molar-refractivity contribution in [1.29, 1.82) is 0 Å². The Morgan fingerprint density at radius 1 is 0.889 bits per heavy atom. The molecule has 2 nitrogen and oxygen atoms in total. The monoisotopic (exact) mass is 470 g/mol. The van der Waals surface area contributed by atoms with Gasteiger partial charge in [-0.1, -0.05) is 36.4 Å². The van der Waals surface area contributed by atoms with Crippen LogP contribution < -0.4 is 4.74 Å². The lowest BCUT2D eigenvalue weighted by molar-refractivity contribution is -0.401. The van der Waals surface area contributed by atoms with Crippen molar-refractivity contribution >= 4 is 52.2 Å². The first-order chi connectivity index (χ1) is 12.5. The van der Waals surface area contributed by atoms with Gasteiger partial charge in [0.15, 0.2) is 5.71 Å². The van der Waals surface area contributed by atoms with Crippen molar-refractivity contribution in [3.05, 3.63) is 77.9 Å². The van der Waals surface area contributed by atoms with Gasteiger partial charge in [0, 0.05) is 17.7 Å². The van der Waals surface area contributed by atoms with Gasteiger partial charge >= 0.3 is 0 Å². The molecule has 0 aliphatic carbocycles. The van der Waals surface area contributed by atoms with E-state index in [4.69, 9.17) is 4.74 Å².